The van der Waals surface area contributed by atoms with Crippen molar-refractivity contribution in [3.63, 3.8) is 0 Å². The Morgan fingerprint density at radius 3 is 2.85 bits per heavy atom. The van der Waals surface area contributed by atoms with Crippen LogP contribution in [0.5, 0.6) is 0 Å². The molecular weight excluding hydrogens is 168 g/mol. The van der Waals surface area contributed by atoms with Gasteiger partial charge in [0.1, 0.15) is 11.9 Å². The highest BCUT2D eigenvalue weighted by atomic mass is 15.3. The first-order valence-electron chi connectivity index (χ1n) is 3.95. The molecule has 4 N–H and O–H groups in total. The van der Waals surface area contributed by atoms with Gasteiger partial charge in [-0.2, -0.15) is 4.99 Å². The Labute approximate surface area is 75.9 Å². The molecule has 0 aliphatic carbocycles. The molecule has 0 saturated heterocycles. The summed E-state index contributed by atoms with van der Waals surface area (Å²) in [6.45, 7) is 0. The van der Waals surface area contributed by atoms with Gasteiger partial charge in [-0.1, -0.05) is 0 Å². The molecule has 70 valence electrons. The Morgan fingerprint density at radius 1 is 1.46 bits per heavy atom. The highest BCUT2D eigenvalue weighted by Crippen LogP contribution is 2.27. The topological polar surface area (TPSA) is 85.5 Å². The first-order valence-corrected chi connectivity index (χ1v) is 3.95. The van der Waals surface area contributed by atoms with Crippen molar-refractivity contribution < 1.29 is 0 Å². The molecule has 0 amide bonds. The Morgan fingerprint density at radius 2 is 2.15 bits per heavy atom. The number of aromatic nitrogens is 2. The zero-order chi connectivity index (χ0) is 9.59. The summed E-state index contributed by atoms with van der Waals surface area (Å²) in [5, 5.41) is 0. The van der Waals surface area contributed by atoms with Crippen LogP contribution < -0.4 is 11.5 Å². The Balaban J connectivity index is 2.58. The van der Waals surface area contributed by atoms with Crippen LogP contribution in [0, 0.1) is 0 Å². The molecule has 0 saturated carbocycles. The number of imidazole rings is 1. The lowest BCUT2D eigenvalue weighted by atomic mass is 10.3. The lowest BCUT2D eigenvalue weighted by Crippen LogP contribution is -2.43. The van der Waals surface area contributed by atoms with E-state index in [1.54, 1.807) is 22.8 Å². The Hall–Kier alpha value is -1.56. The fraction of sp³-hybridized carbons (Fsp3) is 0.429. The number of hydrogen-bond acceptors (Lipinski definition) is 5. The maximum Gasteiger partial charge on any atom is 0.199 e. The lowest BCUT2D eigenvalue weighted by Gasteiger charge is -2.28. The van der Waals surface area contributed by atoms with E-state index in [1.807, 2.05) is 7.05 Å². The number of fused-ring (bicyclic) bond motifs is 1. The van der Waals surface area contributed by atoms with Gasteiger partial charge < -0.3 is 20.9 Å². The molecule has 6 nitrogen and oxygen atoms in total. The van der Waals surface area contributed by atoms with Gasteiger partial charge in [-0.25, -0.2) is 4.98 Å². The van der Waals surface area contributed by atoms with Crippen molar-refractivity contribution in [2.75, 3.05) is 7.05 Å². The van der Waals surface area contributed by atoms with Gasteiger partial charge in [0.05, 0.1) is 6.33 Å². The van der Waals surface area contributed by atoms with Crippen LogP contribution in [-0.4, -0.2) is 27.5 Å². The van der Waals surface area contributed by atoms with Gasteiger partial charge in [0, 0.05) is 14.1 Å². The van der Waals surface area contributed by atoms with Crippen molar-refractivity contribution in [1.82, 2.24) is 14.5 Å². The van der Waals surface area contributed by atoms with Crippen molar-refractivity contribution in [3.05, 3.63) is 12.0 Å². The third kappa shape index (κ3) is 0.988. The third-order valence-corrected chi connectivity index (χ3v) is 2.21. The van der Waals surface area contributed by atoms with E-state index in [0.717, 1.165) is 11.5 Å². The molecule has 13 heavy (non-hydrogen) atoms. The summed E-state index contributed by atoms with van der Waals surface area (Å²) in [4.78, 5) is 10.0. The fourth-order valence-electron chi connectivity index (χ4n) is 1.30. The molecule has 1 atom stereocenters. The number of aryl methyl sites for hydroxylation is 1. The van der Waals surface area contributed by atoms with E-state index in [-0.39, 0.29) is 6.17 Å². The molecule has 2 rings (SSSR count). The van der Waals surface area contributed by atoms with Crippen molar-refractivity contribution >= 4 is 11.8 Å². The summed E-state index contributed by atoms with van der Waals surface area (Å²) < 4.78 is 1.80. The summed E-state index contributed by atoms with van der Waals surface area (Å²) in [5.74, 6) is 1.16. The number of aliphatic imine (C=N–C) groups is 1. The van der Waals surface area contributed by atoms with E-state index in [2.05, 4.69) is 9.98 Å². The standard InChI is InChI=1S/C7H12N6/c1-12-3-10-4-5(8)13(2)7(9)11-6(4)12/h3,5H,8H2,1-2H3,(H2,9,11). The van der Waals surface area contributed by atoms with Gasteiger partial charge >= 0.3 is 0 Å². The van der Waals surface area contributed by atoms with E-state index in [4.69, 9.17) is 11.5 Å². The lowest BCUT2D eigenvalue weighted by molar-refractivity contribution is 0.368. The average molecular weight is 180 g/mol. The number of hydrogen-bond donors (Lipinski definition) is 2. The van der Waals surface area contributed by atoms with Crippen LogP contribution >= 0.6 is 0 Å². The number of rotatable bonds is 0. The second-order valence-corrected chi connectivity index (χ2v) is 3.09. The fourth-order valence-corrected chi connectivity index (χ4v) is 1.30. The first-order chi connectivity index (χ1) is 6.11. The summed E-state index contributed by atoms with van der Waals surface area (Å²) in [7, 11) is 3.65. The summed E-state index contributed by atoms with van der Waals surface area (Å²) in [5.41, 5.74) is 12.3. The first kappa shape index (κ1) is 8.06. The molecule has 1 unspecified atom stereocenters. The van der Waals surface area contributed by atoms with Crippen LogP contribution in [-0.2, 0) is 7.05 Å². The predicted octanol–water partition coefficient (Wildman–Crippen LogP) is -0.731. The van der Waals surface area contributed by atoms with Crippen molar-refractivity contribution in [2.45, 2.75) is 6.17 Å². The molecule has 2 heterocycles. The van der Waals surface area contributed by atoms with E-state index in [9.17, 15) is 0 Å². The minimum atomic E-state index is -0.298. The molecule has 0 spiro atoms. The van der Waals surface area contributed by atoms with E-state index >= 15 is 0 Å². The molecule has 1 aliphatic rings. The highest BCUT2D eigenvalue weighted by Gasteiger charge is 2.25. The Bertz CT molecular complexity index is 365. The minimum absolute atomic E-state index is 0.298. The maximum atomic E-state index is 5.88. The smallest absolute Gasteiger partial charge is 0.199 e. The largest absolute Gasteiger partial charge is 0.369 e. The Kier molecular flexibility index (Phi) is 1.53. The van der Waals surface area contributed by atoms with Gasteiger partial charge in [0.25, 0.3) is 0 Å². The highest BCUT2D eigenvalue weighted by molar-refractivity contribution is 5.82. The van der Waals surface area contributed by atoms with E-state index in [0.29, 0.717) is 5.96 Å². The van der Waals surface area contributed by atoms with Crippen molar-refractivity contribution in [3.8, 4) is 0 Å². The molecular formula is C7H12N6. The molecule has 0 aromatic carbocycles. The van der Waals surface area contributed by atoms with Crippen LogP contribution in [0.3, 0.4) is 0 Å². The molecule has 0 radical (unpaired) electrons. The number of nitrogens with two attached hydrogens (primary N) is 2. The predicted molar refractivity (Wildman–Crippen MR) is 49.2 cm³/mol. The van der Waals surface area contributed by atoms with E-state index in [1.165, 1.54) is 0 Å². The van der Waals surface area contributed by atoms with Crippen LogP contribution in [0.15, 0.2) is 11.3 Å². The van der Waals surface area contributed by atoms with Crippen LogP contribution in [0.25, 0.3) is 0 Å². The minimum Gasteiger partial charge on any atom is -0.369 e. The number of guanidine groups is 1. The van der Waals surface area contributed by atoms with Crippen LogP contribution in [0.2, 0.25) is 0 Å². The van der Waals surface area contributed by atoms with Crippen LogP contribution in [0.4, 0.5) is 5.82 Å². The molecule has 1 aromatic heterocycles. The molecule has 0 bridgehead atoms. The van der Waals surface area contributed by atoms with Crippen molar-refractivity contribution in [2.24, 2.45) is 23.5 Å². The van der Waals surface area contributed by atoms with Gasteiger partial charge in [-0.15, -0.1) is 0 Å². The maximum absolute atomic E-state index is 5.88. The van der Waals surface area contributed by atoms with Gasteiger partial charge in [0.2, 0.25) is 0 Å². The zero-order valence-corrected chi connectivity index (χ0v) is 7.60. The second kappa shape index (κ2) is 2.46. The molecule has 0 fully saturated rings. The van der Waals surface area contributed by atoms with Gasteiger partial charge in [0.15, 0.2) is 11.8 Å². The van der Waals surface area contributed by atoms with Crippen LogP contribution in [0.1, 0.15) is 11.9 Å². The molecule has 1 aromatic rings. The SMILES string of the molecule is CN1C(N)=Nc2c(ncn2C)C1N. The monoisotopic (exact) mass is 180 g/mol. The van der Waals surface area contributed by atoms with Gasteiger partial charge in [-0.05, 0) is 0 Å². The quantitative estimate of drug-likeness (QED) is 0.551. The van der Waals surface area contributed by atoms with E-state index < -0.39 is 0 Å². The summed E-state index contributed by atoms with van der Waals surface area (Å²) in [6, 6.07) is 0. The second-order valence-electron chi connectivity index (χ2n) is 3.09. The molecule has 6 heteroatoms. The third-order valence-electron chi connectivity index (χ3n) is 2.21. The molecule has 1 aliphatic heterocycles. The summed E-state index contributed by atoms with van der Waals surface area (Å²) >= 11 is 0. The zero-order valence-electron chi connectivity index (χ0n) is 7.60. The van der Waals surface area contributed by atoms with Gasteiger partial charge in [-0.3, -0.25) is 0 Å². The average Bonchev–Trinajstić information content (AvgIpc) is 2.45. The normalized spacial score (nSPS) is 21.3. The number of nitrogens with zero attached hydrogens (tertiary/aromatic N) is 4. The van der Waals surface area contributed by atoms with Crippen molar-refractivity contribution in [1.29, 1.82) is 0 Å². The summed E-state index contributed by atoms with van der Waals surface area (Å²) in [6.07, 6.45) is 1.38.